The number of nitrogens with one attached hydrogen (secondary N) is 1. The van der Waals surface area contributed by atoms with Gasteiger partial charge in [0.1, 0.15) is 5.54 Å². The highest BCUT2D eigenvalue weighted by atomic mass is 32.1. The van der Waals surface area contributed by atoms with Crippen molar-refractivity contribution >= 4 is 29.1 Å². The Balaban J connectivity index is 2.35. The molecule has 2 heterocycles. The van der Waals surface area contributed by atoms with Crippen molar-refractivity contribution in [3.63, 3.8) is 0 Å². The molecule has 1 saturated heterocycles. The molecule has 1 aliphatic rings. The second-order valence-electron chi connectivity index (χ2n) is 4.15. The number of thiocarbonyl (C=S) groups is 1. The summed E-state index contributed by atoms with van der Waals surface area (Å²) in [5, 5.41) is 2.63. The predicted molar refractivity (Wildman–Crippen MR) is 68.6 cm³/mol. The van der Waals surface area contributed by atoms with Gasteiger partial charge in [0, 0.05) is 18.0 Å². The first-order valence-corrected chi connectivity index (χ1v) is 5.69. The summed E-state index contributed by atoms with van der Waals surface area (Å²) in [5.74, 6) is -0.381. The van der Waals surface area contributed by atoms with E-state index in [1.165, 1.54) is 0 Å². The van der Waals surface area contributed by atoms with Crippen LogP contribution >= 0.6 is 12.2 Å². The maximum Gasteiger partial charge on any atom is 0.325 e. The fraction of sp³-hybridized carbons (Fsp3) is 0.273. The molecule has 0 radical (unpaired) electrons. The second-order valence-corrected chi connectivity index (χ2v) is 4.68. The topological polar surface area (TPSA) is 88.3 Å². The first kappa shape index (κ1) is 12.4. The largest absolute Gasteiger partial charge is 0.392 e. The number of carbonyl (C=O) groups is 2. The Morgan fingerprint density at radius 1 is 1.61 bits per heavy atom. The van der Waals surface area contributed by atoms with Crippen molar-refractivity contribution in [1.29, 1.82) is 0 Å². The highest BCUT2D eigenvalue weighted by Crippen LogP contribution is 2.27. The number of amides is 3. The number of urea groups is 1. The first-order valence-electron chi connectivity index (χ1n) is 5.28. The molecule has 0 spiro atoms. The monoisotopic (exact) mass is 264 g/mol. The van der Waals surface area contributed by atoms with E-state index in [9.17, 15) is 9.59 Å². The highest BCUT2D eigenvalue weighted by Gasteiger charge is 2.49. The van der Waals surface area contributed by atoms with E-state index < -0.39 is 11.6 Å². The summed E-state index contributed by atoms with van der Waals surface area (Å²) < 4.78 is 0. The molecule has 6 nitrogen and oxygen atoms in total. The van der Waals surface area contributed by atoms with E-state index >= 15 is 0 Å². The summed E-state index contributed by atoms with van der Waals surface area (Å²) in [6, 6.07) is 2.94. The number of nitrogens with zero attached hydrogens (tertiary/aromatic N) is 2. The first-order chi connectivity index (χ1) is 8.45. The Kier molecular flexibility index (Phi) is 3.00. The van der Waals surface area contributed by atoms with E-state index in [0.717, 1.165) is 4.90 Å². The van der Waals surface area contributed by atoms with E-state index in [1.54, 1.807) is 31.5 Å². The van der Waals surface area contributed by atoms with Crippen molar-refractivity contribution in [3.05, 3.63) is 30.1 Å². The van der Waals surface area contributed by atoms with Crippen LogP contribution in [-0.4, -0.2) is 33.4 Å². The lowest BCUT2D eigenvalue weighted by Gasteiger charge is -2.21. The molecule has 94 valence electrons. The Morgan fingerprint density at radius 2 is 2.33 bits per heavy atom. The van der Waals surface area contributed by atoms with Gasteiger partial charge in [0.2, 0.25) is 0 Å². The van der Waals surface area contributed by atoms with Crippen molar-refractivity contribution in [2.45, 2.75) is 12.5 Å². The van der Waals surface area contributed by atoms with Gasteiger partial charge in [-0.15, -0.1) is 0 Å². The van der Waals surface area contributed by atoms with Gasteiger partial charge in [-0.1, -0.05) is 18.3 Å². The Bertz CT molecular complexity index is 519. The zero-order chi connectivity index (χ0) is 13.3. The summed E-state index contributed by atoms with van der Waals surface area (Å²) >= 11 is 4.72. The van der Waals surface area contributed by atoms with Gasteiger partial charge in [-0.3, -0.25) is 14.7 Å². The Hall–Kier alpha value is -2.02. The highest BCUT2D eigenvalue weighted by molar-refractivity contribution is 7.80. The minimum absolute atomic E-state index is 0.0597. The molecule has 3 N–H and O–H groups in total. The van der Waals surface area contributed by atoms with Gasteiger partial charge >= 0.3 is 6.03 Å². The summed E-state index contributed by atoms with van der Waals surface area (Å²) in [5.41, 5.74) is 4.87. The van der Waals surface area contributed by atoms with Gasteiger partial charge in [0.15, 0.2) is 0 Å². The third kappa shape index (κ3) is 1.92. The van der Waals surface area contributed by atoms with Crippen LogP contribution in [0.4, 0.5) is 4.79 Å². The number of aromatic nitrogens is 1. The molecule has 2 rings (SSSR count). The third-order valence-corrected chi connectivity index (χ3v) is 2.96. The molecule has 0 saturated carbocycles. The number of pyridine rings is 1. The molecule has 0 aromatic carbocycles. The molecular formula is C11H12N4O2S. The maximum absolute atomic E-state index is 12.3. The SMILES string of the molecule is CC1(c2cccnc2)NC(=O)N(CC(N)=S)C1=O. The average molecular weight is 264 g/mol. The number of nitrogens with two attached hydrogens (primary N) is 1. The van der Waals surface area contributed by atoms with Crippen LogP contribution in [0.15, 0.2) is 24.5 Å². The van der Waals surface area contributed by atoms with Gasteiger partial charge in [-0.05, 0) is 13.0 Å². The number of carbonyl (C=O) groups excluding carboxylic acids is 2. The van der Waals surface area contributed by atoms with Crippen molar-refractivity contribution < 1.29 is 9.59 Å². The van der Waals surface area contributed by atoms with E-state index in [1.807, 2.05) is 0 Å². The van der Waals surface area contributed by atoms with Gasteiger partial charge in [-0.2, -0.15) is 0 Å². The van der Waals surface area contributed by atoms with Crippen molar-refractivity contribution in [2.24, 2.45) is 5.73 Å². The van der Waals surface area contributed by atoms with E-state index in [0.29, 0.717) is 5.56 Å². The molecule has 1 atom stereocenters. The molecule has 7 heteroatoms. The summed E-state index contributed by atoms with van der Waals surface area (Å²) in [4.78, 5) is 29.1. The van der Waals surface area contributed by atoms with Gasteiger partial charge in [0.05, 0.1) is 11.5 Å². The van der Waals surface area contributed by atoms with Crippen LogP contribution in [0.3, 0.4) is 0 Å². The molecule has 1 aromatic heterocycles. The fourth-order valence-corrected chi connectivity index (χ4v) is 1.98. The fourth-order valence-electron chi connectivity index (χ4n) is 1.85. The minimum atomic E-state index is -1.11. The van der Waals surface area contributed by atoms with Crippen molar-refractivity contribution in [1.82, 2.24) is 15.2 Å². The number of hydrogen-bond donors (Lipinski definition) is 2. The lowest BCUT2D eigenvalue weighted by atomic mass is 9.94. The van der Waals surface area contributed by atoms with Crippen LogP contribution in [0, 0.1) is 0 Å². The molecule has 1 aliphatic heterocycles. The molecule has 3 amide bonds. The molecule has 1 aromatic rings. The van der Waals surface area contributed by atoms with Crippen LogP contribution in [0.25, 0.3) is 0 Å². The summed E-state index contributed by atoms with van der Waals surface area (Å²) in [6.07, 6.45) is 3.14. The van der Waals surface area contributed by atoms with E-state index in [2.05, 4.69) is 10.3 Å². The average Bonchev–Trinajstić information content (AvgIpc) is 2.55. The Morgan fingerprint density at radius 3 is 2.89 bits per heavy atom. The van der Waals surface area contributed by atoms with Crippen LogP contribution in [-0.2, 0) is 10.3 Å². The minimum Gasteiger partial charge on any atom is -0.392 e. The predicted octanol–water partition coefficient (Wildman–Crippen LogP) is 0.135. The molecule has 0 bridgehead atoms. The summed E-state index contributed by atoms with van der Waals surface area (Å²) in [7, 11) is 0. The number of imide groups is 1. The molecule has 0 aliphatic carbocycles. The normalized spacial score (nSPS) is 23.1. The molecular weight excluding hydrogens is 252 g/mol. The maximum atomic E-state index is 12.3. The summed E-state index contributed by atoms with van der Waals surface area (Å²) in [6.45, 7) is 1.57. The third-order valence-electron chi connectivity index (χ3n) is 2.83. The zero-order valence-corrected chi connectivity index (χ0v) is 10.5. The zero-order valence-electron chi connectivity index (χ0n) is 9.71. The lowest BCUT2D eigenvalue weighted by Crippen LogP contribution is -2.42. The van der Waals surface area contributed by atoms with Crippen LogP contribution in [0.1, 0.15) is 12.5 Å². The second kappa shape index (κ2) is 4.34. The number of hydrogen-bond acceptors (Lipinski definition) is 4. The van der Waals surface area contributed by atoms with Crippen molar-refractivity contribution in [2.75, 3.05) is 6.54 Å². The van der Waals surface area contributed by atoms with Crippen LogP contribution in [0.2, 0.25) is 0 Å². The standard InChI is InChI=1S/C11H12N4O2S/c1-11(7-3-2-4-13-5-7)9(16)15(6-8(12)18)10(17)14-11/h2-5H,6H2,1H3,(H2,12,18)(H,14,17). The molecule has 1 unspecified atom stereocenters. The Labute approximate surface area is 109 Å². The van der Waals surface area contributed by atoms with Crippen LogP contribution < -0.4 is 11.1 Å². The quantitative estimate of drug-likeness (QED) is 0.598. The number of rotatable bonds is 3. The smallest absolute Gasteiger partial charge is 0.325 e. The van der Waals surface area contributed by atoms with Gasteiger partial charge < -0.3 is 11.1 Å². The lowest BCUT2D eigenvalue weighted by molar-refractivity contribution is -0.130. The molecule has 18 heavy (non-hydrogen) atoms. The van der Waals surface area contributed by atoms with Crippen molar-refractivity contribution in [3.8, 4) is 0 Å². The van der Waals surface area contributed by atoms with Gasteiger partial charge in [0.25, 0.3) is 5.91 Å². The van der Waals surface area contributed by atoms with E-state index in [4.69, 9.17) is 18.0 Å². The van der Waals surface area contributed by atoms with Crippen LogP contribution in [0.5, 0.6) is 0 Å². The van der Waals surface area contributed by atoms with E-state index in [-0.39, 0.29) is 17.4 Å². The molecule has 1 fully saturated rings. The van der Waals surface area contributed by atoms with Gasteiger partial charge in [-0.25, -0.2) is 4.79 Å².